The topological polar surface area (TPSA) is 52.0 Å². The summed E-state index contributed by atoms with van der Waals surface area (Å²) in [5.41, 5.74) is 11.0. The molecule has 0 spiro atoms. The van der Waals surface area contributed by atoms with Gasteiger partial charge in [-0.1, -0.05) is 51.9 Å². The lowest BCUT2D eigenvalue weighted by molar-refractivity contribution is 0.417. The van der Waals surface area contributed by atoms with E-state index < -0.39 is 0 Å². The highest BCUT2D eigenvalue weighted by Gasteiger charge is 2.04. The molecule has 0 saturated heterocycles. The van der Waals surface area contributed by atoms with Crippen LogP contribution >= 0.6 is 0 Å². The van der Waals surface area contributed by atoms with Gasteiger partial charge in [-0.3, -0.25) is 0 Å². The van der Waals surface area contributed by atoms with Crippen molar-refractivity contribution in [1.82, 2.24) is 0 Å². The summed E-state index contributed by atoms with van der Waals surface area (Å²) in [6.07, 6.45) is 12.8. The molecule has 0 aliphatic heterocycles. The predicted octanol–water partition coefficient (Wildman–Crippen LogP) is 3.26. The van der Waals surface area contributed by atoms with Gasteiger partial charge in [-0.05, 0) is 38.3 Å². The average Bonchev–Trinajstić information content (AvgIpc) is 2.32. The molecule has 1 atom stereocenters. The van der Waals surface area contributed by atoms with Crippen LogP contribution in [0.5, 0.6) is 0 Å². The van der Waals surface area contributed by atoms with Crippen molar-refractivity contribution in [2.75, 3.05) is 13.1 Å². The highest BCUT2D eigenvalue weighted by Crippen LogP contribution is 2.19. The molecule has 0 rings (SSSR count). The van der Waals surface area contributed by atoms with Crippen LogP contribution in [-0.4, -0.2) is 13.1 Å². The van der Waals surface area contributed by atoms with Gasteiger partial charge in [0.1, 0.15) is 0 Å². The lowest BCUT2D eigenvalue weighted by Gasteiger charge is -2.13. The Hall–Kier alpha value is -0.0800. The van der Waals surface area contributed by atoms with Crippen LogP contribution < -0.4 is 11.5 Å². The summed E-state index contributed by atoms with van der Waals surface area (Å²) in [7, 11) is 0. The highest BCUT2D eigenvalue weighted by atomic mass is 14.5. The van der Waals surface area contributed by atoms with Crippen molar-refractivity contribution in [1.29, 1.82) is 0 Å². The Labute approximate surface area is 102 Å². The number of unbranched alkanes of at least 4 members (excludes halogenated alkanes) is 5. The van der Waals surface area contributed by atoms with Crippen molar-refractivity contribution in [2.45, 2.75) is 64.2 Å². The maximum absolute atomic E-state index is 5.52. The fourth-order valence-electron chi connectivity index (χ4n) is 2.12. The molecule has 0 aliphatic rings. The lowest BCUT2D eigenvalue weighted by Crippen LogP contribution is -2.05. The number of rotatable bonds is 12. The lowest BCUT2D eigenvalue weighted by atomic mass is 9.93. The first-order valence-electron chi connectivity index (χ1n) is 7.04. The minimum atomic E-state index is 0.813. The number of nitrogens with two attached hydrogens (primary N) is 2. The zero-order valence-electron chi connectivity index (χ0n) is 10.9. The first-order chi connectivity index (χ1) is 7.85. The number of hydrogen-bond donors (Lipinski definition) is 2. The fourth-order valence-corrected chi connectivity index (χ4v) is 2.12. The van der Waals surface area contributed by atoms with E-state index in [-0.39, 0.29) is 0 Å². The third-order valence-corrected chi connectivity index (χ3v) is 3.29. The van der Waals surface area contributed by atoms with Gasteiger partial charge in [0, 0.05) is 0 Å². The third-order valence-electron chi connectivity index (χ3n) is 3.29. The summed E-state index contributed by atoms with van der Waals surface area (Å²) in [6, 6.07) is 0. The van der Waals surface area contributed by atoms with Crippen molar-refractivity contribution in [2.24, 2.45) is 17.4 Å². The first-order valence-corrected chi connectivity index (χ1v) is 7.04. The van der Waals surface area contributed by atoms with E-state index in [0.29, 0.717) is 0 Å². The second-order valence-corrected chi connectivity index (χ2v) is 4.78. The van der Waals surface area contributed by atoms with Gasteiger partial charge in [-0.25, -0.2) is 0 Å². The van der Waals surface area contributed by atoms with Crippen LogP contribution in [0.25, 0.3) is 0 Å². The van der Waals surface area contributed by atoms with Gasteiger partial charge in [0.15, 0.2) is 0 Å². The van der Waals surface area contributed by atoms with Crippen LogP contribution in [-0.2, 0) is 0 Å². The SMILES string of the molecule is [CH2]CC(CCCN)CCCCCCCCN. The molecule has 2 heteroatoms. The van der Waals surface area contributed by atoms with Crippen LogP contribution in [0.2, 0.25) is 0 Å². The summed E-state index contributed by atoms with van der Waals surface area (Å²) in [6.45, 7) is 5.70. The zero-order valence-corrected chi connectivity index (χ0v) is 10.9. The van der Waals surface area contributed by atoms with Crippen molar-refractivity contribution in [3.05, 3.63) is 6.92 Å². The van der Waals surface area contributed by atoms with Gasteiger partial charge in [-0.15, -0.1) is 0 Å². The van der Waals surface area contributed by atoms with Gasteiger partial charge >= 0.3 is 0 Å². The highest BCUT2D eigenvalue weighted by molar-refractivity contribution is 4.61. The van der Waals surface area contributed by atoms with Crippen LogP contribution in [0.3, 0.4) is 0 Å². The molecule has 0 saturated carbocycles. The molecule has 0 fully saturated rings. The molecular formula is C14H31N2. The van der Waals surface area contributed by atoms with Crippen molar-refractivity contribution in [3.8, 4) is 0 Å². The van der Waals surface area contributed by atoms with Crippen molar-refractivity contribution >= 4 is 0 Å². The van der Waals surface area contributed by atoms with Gasteiger partial charge in [0.25, 0.3) is 0 Å². The van der Waals surface area contributed by atoms with Crippen LogP contribution in [0.4, 0.5) is 0 Å². The Morgan fingerprint density at radius 3 is 1.75 bits per heavy atom. The molecule has 0 aromatic heterocycles. The summed E-state index contributed by atoms with van der Waals surface area (Å²) >= 11 is 0. The van der Waals surface area contributed by atoms with E-state index in [0.717, 1.165) is 31.8 Å². The quantitative estimate of drug-likeness (QED) is 0.503. The molecule has 0 amide bonds. The first kappa shape index (κ1) is 15.9. The van der Waals surface area contributed by atoms with E-state index in [9.17, 15) is 0 Å². The summed E-state index contributed by atoms with van der Waals surface area (Å²) < 4.78 is 0. The van der Waals surface area contributed by atoms with E-state index in [1.54, 1.807) is 0 Å². The molecule has 1 unspecified atom stereocenters. The molecule has 1 radical (unpaired) electrons. The smallest absolute Gasteiger partial charge is 0.00772 e. The third kappa shape index (κ3) is 10.4. The molecule has 0 bridgehead atoms. The van der Waals surface area contributed by atoms with Crippen LogP contribution in [0, 0.1) is 12.8 Å². The maximum atomic E-state index is 5.52. The van der Waals surface area contributed by atoms with Crippen LogP contribution in [0.1, 0.15) is 64.2 Å². The predicted molar refractivity (Wildman–Crippen MR) is 73.1 cm³/mol. The van der Waals surface area contributed by atoms with E-state index in [1.165, 1.54) is 51.4 Å². The van der Waals surface area contributed by atoms with Gasteiger partial charge in [0.05, 0.1) is 0 Å². The summed E-state index contributed by atoms with van der Waals surface area (Å²) in [5.74, 6) is 0.813. The Bertz CT molecular complexity index is 126. The zero-order chi connectivity index (χ0) is 12.1. The molecule has 4 N–H and O–H groups in total. The second kappa shape index (κ2) is 13.0. The number of hydrogen-bond acceptors (Lipinski definition) is 2. The molecule has 97 valence electrons. The average molecular weight is 227 g/mol. The Kier molecular flexibility index (Phi) is 12.9. The van der Waals surface area contributed by atoms with Crippen molar-refractivity contribution in [3.63, 3.8) is 0 Å². The standard InChI is InChI=1S/C14H31N2/c1-2-14(11-9-13-16)10-7-5-3-4-6-8-12-15/h14H,1-13,15-16H2. The molecule has 0 aromatic carbocycles. The normalized spacial score (nSPS) is 12.9. The summed E-state index contributed by atoms with van der Waals surface area (Å²) in [4.78, 5) is 0. The monoisotopic (exact) mass is 227 g/mol. The minimum absolute atomic E-state index is 0.813. The molecule has 0 aliphatic carbocycles. The largest absolute Gasteiger partial charge is 0.330 e. The molecule has 0 aromatic rings. The van der Waals surface area contributed by atoms with Gasteiger partial charge < -0.3 is 11.5 Å². The van der Waals surface area contributed by atoms with E-state index in [1.807, 2.05) is 0 Å². The van der Waals surface area contributed by atoms with Crippen LogP contribution in [0.15, 0.2) is 0 Å². The minimum Gasteiger partial charge on any atom is -0.330 e. The molecule has 2 nitrogen and oxygen atoms in total. The van der Waals surface area contributed by atoms with Gasteiger partial charge in [-0.2, -0.15) is 0 Å². The van der Waals surface area contributed by atoms with E-state index >= 15 is 0 Å². The van der Waals surface area contributed by atoms with E-state index in [4.69, 9.17) is 11.5 Å². The maximum Gasteiger partial charge on any atom is -0.00772 e. The Morgan fingerprint density at radius 1 is 0.688 bits per heavy atom. The second-order valence-electron chi connectivity index (χ2n) is 4.78. The Balaban J connectivity index is 3.20. The molecule has 0 heterocycles. The molecule has 16 heavy (non-hydrogen) atoms. The molecular weight excluding hydrogens is 196 g/mol. The van der Waals surface area contributed by atoms with Gasteiger partial charge in [0.2, 0.25) is 0 Å². The van der Waals surface area contributed by atoms with E-state index in [2.05, 4.69) is 6.92 Å². The summed E-state index contributed by atoms with van der Waals surface area (Å²) in [5, 5.41) is 0. The fraction of sp³-hybridized carbons (Fsp3) is 0.929. The Morgan fingerprint density at radius 2 is 1.19 bits per heavy atom. The van der Waals surface area contributed by atoms with Crippen molar-refractivity contribution < 1.29 is 0 Å².